The number of aromatic nitrogens is 1. The van der Waals surface area contributed by atoms with Gasteiger partial charge in [-0.1, -0.05) is 41.8 Å². The van der Waals surface area contributed by atoms with Gasteiger partial charge in [0.1, 0.15) is 5.75 Å². The maximum absolute atomic E-state index is 12.3. The highest BCUT2D eigenvalue weighted by atomic mass is 35.5. The fourth-order valence-electron chi connectivity index (χ4n) is 2.82. The molecule has 0 unspecified atom stereocenters. The molecule has 0 bridgehead atoms. The van der Waals surface area contributed by atoms with Gasteiger partial charge in [-0.15, -0.1) is 0 Å². The second-order valence-corrected chi connectivity index (χ2v) is 7.56. The van der Waals surface area contributed by atoms with Crippen molar-refractivity contribution in [3.05, 3.63) is 82.0 Å². The van der Waals surface area contributed by atoms with Crippen LogP contribution in [0, 0.1) is 0 Å². The van der Waals surface area contributed by atoms with Crippen LogP contribution in [0.2, 0.25) is 10.0 Å². The minimum absolute atomic E-state index is 0.248. The molecule has 2 N–H and O–H groups in total. The summed E-state index contributed by atoms with van der Waals surface area (Å²) in [6.45, 7) is 0.248. The van der Waals surface area contributed by atoms with E-state index < -0.39 is 0 Å². The number of benzene rings is 2. The van der Waals surface area contributed by atoms with Gasteiger partial charge >= 0.3 is 0 Å². The number of ether oxygens (including phenoxy) is 1. The lowest BCUT2D eigenvalue weighted by molar-refractivity contribution is 0.102. The van der Waals surface area contributed by atoms with Crippen molar-refractivity contribution in [1.29, 1.82) is 0 Å². The Balaban J connectivity index is 1.54. The summed E-state index contributed by atoms with van der Waals surface area (Å²) >= 11 is 11.8. The fraction of sp³-hybridized carbons (Fsp3) is 0.217. The van der Waals surface area contributed by atoms with Gasteiger partial charge in [0.2, 0.25) is 5.88 Å². The van der Waals surface area contributed by atoms with Crippen molar-refractivity contribution >= 4 is 34.8 Å². The third-order valence-corrected chi connectivity index (χ3v) is 5.18. The Morgan fingerprint density at radius 1 is 0.967 bits per heavy atom. The molecule has 0 saturated carbocycles. The molecule has 156 valence electrons. The molecule has 0 fully saturated rings. The second kappa shape index (κ2) is 11.0. The van der Waals surface area contributed by atoms with E-state index in [1.54, 1.807) is 24.3 Å². The molecule has 1 amide bonds. The molecule has 1 aromatic heterocycles. The van der Waals surface area contributed by atoms with Gasteiger partial charge in [0.15, 0.2) is 0 Å². The van der Waals surface area contributed by atoms with Crippen LogP contribution >= 0.6 is 23.2 Å². The lowest BCUT2D eigenvalue weighted by Gasteiger charge is -2.08. The number of carbonyl (C=O) groups excluding carboxylic acids is 1. The van der Waals surface area contributed by atoms with Crippen molar-refractivity contribution in [2.75, 3.05) is 11.9 Å². The van der Waals surface area contributed by atoms with Crippen LogP contribution < -0.4 is 10.1 Å². The molecule has 2 aromatic carbocycles. The number of anilines is 1. The lowest BCUT2D eigenvalue weighted by Crippen LogP contribution is -2.12. The quantitative estimate of drug-likeness (QED) is 0.388. The first-order valence-electron chi connectivity index (χ1n) is 9.65. The predicted octanol–water partition coefficient (Wildman–Crippen LogP) is 6.14. The summed E-state index contributed by atoms with van der Waals surface area (Å²) in [4.78, 5) is 16.5. The molecule has 0 aliphatic heterocycles. The second-order valence-electron chi connectivity index (χ2n) is 6.75. The number of aryl methyl sites for hydroxylation is 1. The number of hydrogen-bond acceptors (Lipinski definition) is 4. The maximum Gasteiger partial charge on any atom is 0.255 e. The molecule has 0 aliphatic carbocycles. The maximum atomic E-state index is 12.3. The number of pyridine rings is 1. The van der Waals surface area contributed by atoms with Crippen LogP contribution in [0.25, 0.3) is 0 Å². The molecule has 0 saturated heterocycles. The zero-order chi connectivity index (χ0) is 21.3. The van der Waals surface area contributed by atoms with Gasteiger partial charge in [0, 0.05) is 18.2 Å². The number of amides is 1. The summed E-state index contributed by atoms with van der Waals surface area (Å²) in [6.07, 6.45) is 5.42. The van der Waals surface area contributed by atoms with Gasteiger partial charge in [-0.05, 0) is 61.2 Å². The minimum Gasteiger partial charge on any atom is -0.439 e. The molecule has 7 heteroatoms. The highest BCUT2D eigenvalue weighted by Gasteiger charge is 2.09. The standard InChI is InChI=1S/C23H22Cl2N2O3/c24-20-11-7-17(14-21(20)25)23(29)27-18-8-12-22(26-15-18)30-19-9-5-16(6-10-19)4-2-1-3-13-28/h5-12,14-15,28H,1-4,13H2,(H,27,29). The summed E-state index contributed by atoms with van der Waals surface area (Å²) in [7, 11) is 0. The Morgan fingerprint density at radius 3 is 2.43 bits per heavy atom. The largest absolute Gasteiger partial charge is 0.439 e. The molecule has 0 aliphatic rings. The topological polar surface area (TPSA) is 71.5 Å². The van der Waals surface area contributed by atoms with Gasteiger partial charge in [-0.3, -0.25) is 4.79 Å². The van der Waals surface area contributed by atoms with Crippen LogP contribution in [-0.2, 0) is 6.42 Å². The van der Waals surface area contributed by atoms with Gasteiger partial charge in [0.05, 0.1) is 21.9 Å². The molecule has 5 nitrogen and oxygen atoms in total. The monoisotopic (exact) mass is 444 g/mol. The van der Waals surface area contributed by atoms with E-state index in [4.69, 9.17) is 33.0 Å². The summed E-state index contributed by atoms with van der Waals surface area (Å²) in [5.41, 5.74) is 2.17. The number of aliphatic hydroxyl groups excluding tert-OH is 1. The normalized spacial score (nSPS) is 10.6. The van der Waals surface area contributed by atoms with Crippen molar-refractivity contribution in [1.82, 2.24) is 4.98 Å². The summed E-state index contributed by atoms with van der Waals surface area (Å²) in [5, 5.41) is 12.3. The Kier molecular flexibility index (Phi) is 8.08. The van der Waals surface area contributed by atoms with E-state index in [1.807, 2.05) is 24.3 Å². The molecule has 3 aromatic rings. The SMILES string of the molecule is O=C(Nc1ccc(Oc2ccc(CCCCCO)cc2)nc1)c1ccc(Cl)c(Cl)c1. The highest BCUT2D eigenvalue weighted by Crippen LogP contribution is 2.24. The Labute approximate surface area is 185 Å². The first-order valence-corrected chi connectivity index (χ1v) is 10.4. The van der Waals surface area contributed by atoms with Crippen LogP contribution in [0.1, 0.15) is 35.2 Å². The zero-order valence-corrected chi connectivity index (χ0v) is 17.8. The van der Waals surface area contributed by atoms with Gasteiger partial charge < -0.3 is 15.2 Å². The van der Waals surface area contributed by atoms with E-state index >= 15 is 0 Å². The molecule has 30 heavy (non-hydrogen) atoms. The summed E-state index contributed by atoms with van der Waals surface area (Å²) < 4.78 is 5.76. The highest BCUT2D eigenvalue weighted by molar-refractivity contribution is 6.42. The van der Waals surface area contributed by atoms with E-state index in [-0.39, 0.29) is 12.5 Å². The Hall–Kier alpha value is -2.60. The first-order chi connectivity index (χ1) is 14.5. The van der Waals surface area contributed by atoms with E-state index in [1.165, 1.54) is 17.8 Å². The predicted molar refractivity (Wildman–Crippen MR) is 120 cm³/mol. The number of halogens is 2. The van der Waals surface area contributed by atoms with E-state index in [9.17, 15) is 4.79 Å². The fourth-order valence-corrected chi connectivity index (χ4v) is 3.12. The Morgan fingerprint density at radius 2 is 1.77 bits per heavy atom. The summed E-state index contributed by atoms with van der Waals surface area (Å²) in [5.74, 6) is 0.811. The molecular formula is C23H22Cl2N2O3. The van der Waals surface area contributed by atoms with E-state index in [0.717, 1.165) is 25.7 Å². The number of nitrogens with one attached hydrogen (secondary N) is 1. The molecular weight excluding hydrogens is 423 g/mol. The van der Waals surface area contributed by atoms with Gasteiger partial charge in [-0.25, -0.2) is 4.98 Å². The van der Waals surface area contributed by atoms with Crippen LogP contribution in [0.3, 0.4) is 0 Å². The van der Waals surface area contributed by atoms with E-state index in [0.29, 0.717) is 32.9 Å². The van der Waals surface area contributed by atoms with Gasteiger partial charge in [0.25, 0.3) is 5.91 Å². The Bertz CT molecular complexity index is 977. The van der Waals surface area contributed by atoms with Crippen molar-refractivity contribution < 1.29 is 14.6 Å². The van der Waals surface area contributed by atoms with Gasteiger partial charge in [-0.2, -0.15) is 0 Å². The third-order valence-electron chi connectivity index (χ3n) is 4.45. The molecule has 0 atom stereocenters. The number of aliphatic hydroxyl groups is 1. The smallest absolute Gasteiger partial charge is 0.255 e. The van der Waals surface area contributed by atoms with Crippen LogP contribution in [0.5, 0.6) is 11.6 Å². The third kappa shape index (κ3) is 6.46. The number of hydrogen-bond donors (Lipinski definition) is 2. The van der Waals surface area contributed by atoms with Crippen molar-refractivity contribution in [2.45, 2.75) is 25.7 Å². The first kappa shape index (κ1) is 22.1. The number of rotatable bonds is 9. The van der Waals surface area contributed by atoms with Crippen LogP contribution in [0.15, 0.2) is 60.8 Å². The average molecular weight is 445 g/mol. The van der Waals surface area contributed by atoms with Crippen LogP contribution in [0.4, 0.5) is 5.69 Å². The number of carbonyl (C=O) groups is 1. The molecule has 0 radical (unpaired) electrons. The lowest BCUT2D eigenvalue weighted by atomic mass is 10.1. The summed E-state index contributed by atoms with van der Waals surface area (Å²) in [6, 6.07) is 16.0. The van der Waals surface area contributed by atoms with Crippen LogP contribution in [-0.4, -0.2) is 22.6 Å². The zero-order valence-electron chi connectivity index (χ0n) is 16.3. The number of nitrogens with zero attached hydrogens (tertiary/aromatic N) is 1. The van der Waals surface area contributed by atoms with E-state index in [2.05, 4.69) is 10.3 Å². The van der Waals surface area contributed by atoms with Crippen molar-refractivity contribution in [3.8, 4) is 11.6 Å². The molecule has 3 rings (SSSR count). The minimum atomic E-state index is -0.307. The molecule has 1 heterocycles. The van der Waals surface area contributed by atoms with Crippen molar-refractivity contribution in [2.24, 2.45) is 0 Å². The van der Waals surface area contributed by atoms with Crippen molar-refractivity contribution in [3.63, 3.8) is 0 Å². The number of unbranched alkanes of at least 4 members (excludes halogenated alkanes) is 2. The molecule has 0 spiro atoms. The average Bonchev–Trinajstić information content (AvgIpc) is 2.75.